The Morgan fingerprint density at radius 3 is 3.19 bits per heavy atom. The van der Waals surface area contributed by atoms with Crippen LogP contribution in [-0.4, -0.2) is 19.2 Å². The number of hydrogen-bond acceptors (Lipinski definition) is 2. The van der Waals surface area contributed by atoms with Crippen LogP contribution in [0.3, 0.4) is 0 Å². The van der Waals surface area contributed by atoms with Gasteiger partial charge in [0.1, 0.15) is 11.9 Å². The Hall–Kier alpha value is -0.510. The number of ether oxygens (including phenoxy) is 1. The summed E-state index contributed by atoms with van der Waals surface area (Å²) in [5.74, 6) is 0.953. The van der Waals surface area contributed by atoms with E-state index in [0.29, 0.717) is 0 Å². The molecular formula is C12H13BrClNO. The summed E-state index contributed by atoms with van der Waals surface area (Å²) in [6.07, 6.45) is 1.11. The molecule has 0 fully saturated rings. The highest BCUT2D eigenvalue weighted by Crippen LogP contribution is 2.30. The molecule has 0 bridgehead atoms. The monoisotopic (exact) mass is 301 g/mol. The van der Waals surface area contributed by atoms with Gasteiger partial charge in [0.25, 0.3) is 0 Å². The number of fused-ring (bicyclic) bond motifs is 1. The van der Waals surface area contributed by atoms with Crippen molar-refractivity contribution in [3.63, 3.8) is 0 Å². The van der Waals surface area contributed by atoms with Crippen LogP contribution < -0.4 is 10.1 Å². The first-order chi connectivity index (χ1) is 7.65. The van der Waals surface area contributed by atoms with Crippen molar-refractivity contribution >= 4 is 27.5 Å². The van der Waals surface area contributed by atoms with Crippen molar-refractivity contribution in [3.8, 4) is 5.75 Å². The van der Waals surface area contributed by atoms with E-state index in [2.05, 4.69) is 27.8 Å². The molecule has 2 nitrogen and oxygen atoms in total. The van der Waals surface area contributed by atoms with Crippen LogP contribution in [0.25, 0.3) is 0 Å². The van der Waals surface area contributed by atoms with E-state index in [0.717, 1.165) is 34.8 Å². The Kier molecular flexibility index (Phi) is 3.90. The highest BCUT2D eigenvalue weighted by Gasteiger charge is 2.22. The molecule has 1 aliphatic heterocycles. The summed E-state index contributed by atoms with van der Waals surface area (Å²) in [4.78, 5) is 0. The van der Waals surface area contributed by atoms with Gasteiger partial charge in [-0.3, -0.25) is 0 Å². The molecule has 0 saturated heterocycles. The predicted octanol–water partition coefficient (Wildman–Crippen LogP) is 3.14. The Morgan fingerprint density at radius 2 is 2.44 bits per heavy atom. The highest BCUT2D eigenvalue weighted by atomic mass is 79.9. The zero-order valence-electron chi connectivity index (χ0n) is 8.80. The van der Waals surface area contributed by atoms with Crippen molar-refractivity contribution in [2.45, 2.75) is 12.5 Å². The molecule has 1 aliphatic rings. The molecule has 0 aromatic heterocycles. The molecule has 1 N–H and O–H groups in total. The lowest BCUT2D eigenvalue weighted by molar-refractivity contribution is 0.229. The molecule has 0 saturated carbocycles. The van der Waals surface area contributed by atoms with Gasteiger partial charge in [-0.1, -0.05) is 34.1 Å². The smallest absolute Gasteiger partial charge is 0.123 e. The van der Waals surface area contributed by atoms with E-state index in [1.807, 2.05) is 18.2 Å². The van der Waals surface area contributed by atoms with Gasteiger partial charge in [0.05, 0.1) is 0 Å². The quantitative estimate of drug-likeness (QED) is 0.922. The molecule has 2 rings (SSSR count). The molecule has 4 heteroatoms. The second-order valence-electron chi connectivity index (χ2n) is 3.84. The summed E-state index contributed by atoms with van der Waals surface area (Å²) in [7, 11) is 0. The standard InChI is InChI=1S/C12H13BrClNO/c1-8(13)6-15-7-11-5-9-4-10(14)2-3-12(9)16-11/h2-4,11,15H,1,5-7H2. The number of hydrogen-bond donors (Lipinski definition) is 1. The molecule has 1 heterocycles. The van der Waals surface area contributed by atoms with Crippen molar-refractivity contribution < 1.29 is 4.74 Å². The van der Waals surface area contributed by atoms with Crippen LogP contribution in [0.4, 0.5) is 0 Å². The van der Waals surface area contributed by atoms with Crippen LogP contribution in [0.15, 0.2) is 29.3 Å². The summed E-state index contributed by atoms with van der Waals surface area (Å²) in [5.41, 5.74) is 1.19. The Balaban J connectivity index is 1.88. The number of nitrogens with one attached hydrogen (secondary N) is 1. The van der Waals surface area contributed by atoms with Gasteiger partial charge in [0.15, 0.2) is 0 Å². The van der Waals surface area contributed by atoms with Gasteiger partial charge in [-0.2, -0.15) is 0 Å². The minimum atomic E-state index is 0.195. The minimum Gasteiger partial charge on any atom is -0.488 e. The first-order valence-corrected chi connectivity index (χ1v) is 6.31. The zero-order valence-corrected chi connectivity index (χ0v) is 11.1. The van der Waals surface area contributed by atoms with Crippen molar-refractivity contribution in [1.82, 2.24) is 5.32 Å². The average Bonchev–Trinajstić information content (AvgIpc) is 2.58. The summed E-state index contributed by atoms with van der Waals surface area (Å²) in [6, 6.07) is 5.76. The molecule has 86 valence electrons. The predicted molar refractivity (Wildman–Crippen MR) is 70.5 cm³/mol. The van der Waals surface area contributed by atoms with Crippen molar-refractivity contribution in [1.29, 1.82) is 0 Å². The third-order valence-electron chi connectivity index (χ3n) is 2.45. The van der Waals surface area contributed by atoms with Crippen molar-refractivity contribution in [2.75, 3.05) is 13.1 Å². The molecule has 1 aromatic carbocycles. The largest absolute Gasteiger partial charge is 0.488 e. The number of halogens is 2. The molecule has 16 heavy (non-hydrogen) atoms. The van der Waals surface area contributed by atoms with Gasteiger partial charge in [-0.15, -0.1) is 0 Å². The van der Waals surface area contributed by atoms with Gasteiger partial charge in [-0.25, -0.2) is 0 Å². The van der Waals surface area contributed by atoms with E-state index in [-0.39, 0.29) is 6.10 Å². The van der Waals surface area contributed by atoms with Gasteiger partial charge in [0, 0.05) is 29.0 Å². The van der Waals surface area contributed by atoms with Gasteiger partial charge in [-0.05, 0) is 23.8 Å². The Morgan fingerprint density at radius 1 is 1.62 bits per heavy atom. The highest BCUT2D eigenvalue weighted by molar-refractivity contribution is 9.11. The van der Waals surface area contributed by atoms with Crippen molar-refractivity contribution in [2.24, 2.45) is 0 Å². The van der Waals surface area contributed by atoms with E-state index in [9.17, 15) is 0 Å². The lowest BCUT2D eigenvalue weighted by atomic mass is 10.1. The molecular weight excluding hydrogens is 289 g/mol. The lowest BCUT2D eigenvalue weighted by Crippen LogP contribution is -2.30. The first-order valence-electron chi connectivity index (χ1n) is 5.14. The topological polar surface area (TPSA) is 21.3 Å². The molecule has 1 aromatic rings. The van der Waals surface area contributed by atoms with E-state index < -0.39 is 0 Å². The fourth-order valence-corrected chi connectivity index (χ4v) is 2.16. The normalized spacial score (nSPS) is 18.0. The minimum absolute atomic E-state index is 0.195. The molecule has 0 amide bonds. The van der Waals surface area contributed by atoms with E-state index in [4.69, 9.17) is 16.3 Å². The summed E-state index contributed by atoms with van der Waals surface area (Å²) >= 11 is 9.23. The maximum atomic E-state index is 5.93. The van der Waals surface area contributed by atoms with Crippen LogP contribution in [0.5, 0.6) is 5.75 Å². The number of benzene rings is 1. The lowest BCUT2D eigenvalue weighted by Gasteiger charge is -2.11. The fraction of sp³-hybridized carbons (Fsp3) is 0.333. The molecule has 0 aliphatic carbocycles. The summed E-state index contributed by atoms with van der Waals surface area (Å²) in [5, 5.41) is 4.04. The zero-order chi connectivity index (χ0) is 11.5. The maximum Gasteiger partial charge on any atom is 0.123 e. The second kappa shape index (κ2) is 5.21. The maximum absolute atomic E-state index is 5.93. The number of rotatable bonds is 4. The SMILES string of the molecule is C=C(Br)CNCC1Cc2cc(Cl)ccc2O1. The van der Waals surface area contributed by atoms with Gasteiger partial charge >= 0.3 is 0 Å². The first kappa shape index (κ1) is 12.0. The summed E-state index contributed by atoms with van der Waals surface area (Å²) in [6.45, 7) is 5.34. The van der Waals surface area contributed by atoms with E-state index >= 15 is 0 Å². The van der Waals surface area contributed by atoms with E-state index in [1.165, 1.54) is 5.56 Å². The van der Waals surface area contributed by atoms with Crippen LogP contribution in [0, 0.1) is 0 Å². The Labute approximate surface area is 109 Å². The van der Waals surface area contributed by atoms with Crippen LogP contribution >= 0.6 is 27.5 Å². The van der Waals surface area contributed by atoms with Crippen LogP contribution in [-0.2, 0) is 6.42 Å². The third kappa shape index (κ3) is 3.00. The third-order valence-corrected chi connectivity index (χ3v) is 2.97. The van der Waals surface area contributed by atoms with E-state index in [1.54, 1.807) is 0 Å². The van der Waals surface area contributed by atoms with Gasteiger partial charge in [0.2, 0.25) is 0 Å². The molecule has 0 spiro atoms. The van der Waals surface area contributed by atoms with Gasteiger partial charge < -0.3 is 10.1 Å². The van der Waals surface area contributed by atoms with Crippen LogP contribution in [0.1, 0.15) is 5.56 Å². The average molecular weight is 303 g/mol. The second-order valence-corrected chi connectivity index (χ2v) is 5.40. The molecule has 0 radical (unpaired) electrons. The Bertz CT molecular complexity index is 408. The summed E-state index contributed by atoms with van der Waals surface area (Å²) < 4.78 is 6.73. The van der Waals surface area contributed by atoms with Crippen LogP contribution in [0.2, 0.25) is 5.02 Å². The molecule has 1 unspecified atom stereocenters. The molecule has 1 atom stereocenters. The fourth-order valence-electron chi connectivity index (χ4n) is 1.77. The van der Waals surface area contributed by atoms with Crippen molar-refractivity contribution in [3.05, 3.63) is 39.8 Å².